The minimum absolute atomic E-state index is 0.812. The van der Waals surface area contributed by atoms with E-state index in [0.717, 1.165) is 44.0 Å². The van der Waals surface area contributed by atoms with Gasteiger partial charge < -0.3 is 10.1 Å². The summed E-state index contributed by atoms with van der Waals surface area (Å²) in [4.78, 5) is 2.63. The smallest absolute Gasteiger partial charge is 0.123 e. The summed E-state index contributed by atoms with van der Waals surface area (Å²) in [6.45, 7) is 7.20. The summed E-state index contributed by atoms with van der Waals surface area (Å²) in [5.74, 6) is 2.01. The number of hydrogen-bond acceptors (Lipinski definition) is 3. The van der Waals surface area contributed by atoms with Crippen molar-refractivity contribution >= 4 is 0 Å². The molecule has 2 fully saturated rings. The average molecular weight is 274 g/mol. The maximum absolute atomic E-state index is 6.02. The van der Waals surface area contributed by atoms with Gasteiger partial charge in [0.05, 0.1) is 0 Å². The van der Waals surface area contributed by atoms with Crippen LogP contribution in [0.25, 0.3) is 0 Å². The molecule has 3 heteroatoms. The van der Waals surface area contributed by atoms with E-state index in [9.17, 15) is 0 Å². The molecule has 1 aromatic rings. The fraction of sp³-hybridized carbons (Fsp3) is 0.647. The number of ether oxygens (including phenoxy) is 1. The van der Waals surface area contributed by atoms with Gasteiger partial charge in [-0.15, -0.1) is 0 Å². The van der Waals surface area contributed by atoms with Crippen molar-refractivity contribution in [2.75, 3.05) is 26.2 Å². The number of hydrogen-bond donors (Lipinski definition) is 1. The van der Waals surface area contributed by atoms with Gasteiger partial charge in [0.25, 0.3) is 0 Å². The van der Waals surface area contributed by atoms with Crippen LogP contribution in [0.4, 0.5) is 0 Å². The highest BCUT2D eigenvalue weighted by Crippen LogP contribution is 2.36. The van der Waals surface area contributed by atoms with Gasteiger partial charge in [-0.05, 0) is 37.8 Å². The number of nitrogens with one attached hydrogen (secondary N) is 1. The predicted octanol–water partition coefficient (Wildman–Crippen LogP) is 2.66. The Kier molecular flexibility index (Phi) is 4.58. The lowest BCUT2D eigenvalue weighted by Gasteiger charge is -2.26. The molecule has 3 rings (SSSR count). The molecule has 0 spiro atoms. The van der Waals surface area contributed by atoms with Crippen molar-refractivity contribution in [2.24, 2.45) is 5.92 Å². The molecule has 2 atom stereocenters. The van der Waals surface area contributed by atoms with Gasteiger partial charge in [-0.1, -0.05) is 25.1 Å². The molecule has 1 N–H and O–H groups in total. The lowest BCUT2D eigenvalue weighted by Crippen LogP contribution is -2.35. The van der Waals surface area contributed by atoms with E-state index >= 15 is 0 Å². The quantitative estimate of drug-likeness (QED) is 0.827. The number of fused-ring (bicyclic) bond motifs is 2. The molecule has 2 bridgehead atoms. The lowest BCUT2D eigenvalue weighted by atomic mass is 10.1. The fourth-order valence-corrected chi connectivity index (χ4v) is 3.62. The van der Waals surface area contributed by atoms with Gasteiger partial charge in [0.15, 0.2) is 0 Å². The second-order valence-corrected chi connectivity index (χ2v) is 6.06. The molecule has 0 radical (unpaired) electrons. The molecule has 1 saturated heterocycles. The first-order valence-corrected chi connectivity index (χ1v) is 8.02. The largest absolute Gasteiger partial charge is 0.492 e. The minimum Gasteiger partial charge on any atom is -0.492 e. The molecule has 110 valence electrons. The van der Waals surface area contributed by atoms with Gasteiger partial charge in [0.1, 0.15) is 12.4 Å². The SMILES string of the molecule is CCNCc1ccccc1OCCN1CC2CCC1C2. The number of rotatable bonds is 7. The summed E-state index contributed by atoms with van der Waals surface area (Å²) in [5.41, 5.74) is 1.26. The summed E-state index contributed by atoms with van der Waals surface area (Å²) in [7, 11) is 0. The molecule has 1 saturated carbocycles. The number of piperidine rings is 1. The maximum atomic E-state index is 6.02. The van der Waals surface area contributed by atoms with E-state index in [1.54, 1.807) is 0 Å². The van der Waals surface area contributed by atoms with Crippen molar-refractivity contribution in [1.82, 2.24) is 10.2 Å². The summed E-state index contributed by atoms with van der Waals surface area (Å²) in [6, 6.07) is 9.22. The normalized spacial score (nSPS) is 25.2. The first-order chi connectivity index (χ1) is 9.86. The first-order valence-electron chi connectivity index (χ1n) is 8.02. The molecule has 0 aromatic heterocycles. The third kappa shape index (κ3) is 3.15. The third-order valence-electron chi connectivity index (χ3n) is 4.70. The van der Waals surface area contributed by atoms with Crippen molar-refractivity contribution in [3.8, 4) is 5.75 Å². The zero-order valence-electron chi connectivity index (χ0n) is 12.5. The highest BCUT2D eigenvalue weighted by atomic mass is 16.5. The molecular formula is C17H26N2O. The highest BCUT2D eigenvalue weighted by molar-refractivity contribution is 5.33. The van der Waals surface area contributed by atoms with Crippen LogP contribution in [0, 0.1) is 5.92 Å². The second-order valence-electron chi connectivity index (χ2n) is 6.06. The van der Waals surface area contributed by atoms with Crippen LogP contribution in [0.5, 0.6) is 5.75 Å². The third-order valence-corrected chi connectivity index (χ3v) is 4.70. The lowest BCUT2D eigenvalue weighted by molar-refractivity contribution is 0.171. The molecule has 2 unspecified atom stereocenters. The molecule has 0 amide bonds. The molecular weight excluding hydrogens is 248 g/mol. The molecule has 2 aliphatic rings. The van der Waals surface area contributed by atoms with Crippen LogP contribution in [-0.4, -0.2) is 37.2 Å². The zero-order valence-corrected chi connectivity index (χ0v) is 12.5. The van der Waals surface area contributed by atoms with Crippen molar-refractivity contribution in [1.29, 1.82) is 0 Å². The van der Waals surface area contributed by atoms with Gasteiger partial charge in [0, 0.05) is 31.2 Å². The number of nitrogens with zero attached hydrogens (tertiary/aromatic N) is 1. The van der Waals surface area contributed by atoms with Gasteiger partial charge >= 0.3 is 0 Å². The van der Waals surface area contributed by atoms with Gasteiger partial charge in [-0.25, -0.2) is 0 Å². The molecule has 1 aliphatic carbocycles. The Morgan fingerprint density at radius 1 is 1.30 bits per heavy atom. The van der Waals surface area contributed by atoms with E-state index in [2.05, 4.69) is 41.4 Å². The van der Waals surface area contributed by atoms with Crippen molar-refractivity contribution in [2.45, 2.75) is 38.8 Å². The average Bonchev–Trinajstić information content (AvgIpc) is 3.09. The molecule has 1 aromatic carbocycles. The molecule has 1 aliphatic heterocycles. The minimum atomic E-state index is 0.812. The van der Waals surface area contributed by atoms with Crippen LogP contribution in [0.15, 0.2) is 24.3 Å². The van der Waals surface area contributed by atoms with Crippen LogP contribution in [0.2, 0.25) is 0 Å². The standard InChI is InChI=1S/C17H26N2O/c1-2-18-12-15-5-3-4-6-17(15)20-10-9-19-13-14-7-8-16(19)11-14/h3-6,14,16,18H,2,7-13H2,1H3. The van der Waals surface area contributed by atoms with Crippen molar-refractivity contribution in [3.63, 3.8) is 0 Å². The first kappa shape index (κ1) is 13.9. The van der Waals surface area contributed by atoms with Gasteiger partial charge in [-0.2, -0.15) is 0 Å². The maximum Gasteiger partial charge on any atom is 0.123 e. The van der Waals surface area contributed by atoms with E-state index in [-0.39, 0.29) is 0 Å². The van der Waals surface area contributed by atoms with Crippen LogP contribution in [-0.2, 0) is 6.54 Å². The number of likely N-dealkylation sites (tertiary alicyclic amines) is 1. The summed E-state index contributed by atoms with van der Waals surface area (Å²) < 4.78 is 6.02. The number of benzene rings is 1. The monoisotopic (exact) mass is 274 g/mol. The summed E-state index contributed by atoms with van der Waals surface area (Å²) in [6.07, 6.45) is 4.28. The van der Waals surface area contributed by atoms with E-state index in [0.29, 0.717) is 0 Å². The Balaban J connectivity index is 1.48. The molecule has 20 heavy (non-hydrogen) atoms. The highest BCUT2D eigenvalue weighted by Gasteiger charge is 2.37. The van der Waals surface area contributed by atoms with Crippen LogP contribution in [0.3, 0.4) is 0 Å². The molecule has 3 nitrogen and oxygen atoms in total. The van der Waals surface area contributed by atoms with Crippen LogP contribution in [0.1, 0.15) is 31.7 Å². The topological polar surface area (TPSA) is 24.5 Å². The Labute approximate surface area is 122 Å². The van der Waals surface area contributed by atoms with Crippen LogP contribution < -0.4 is 10.1 Å². The Hall–Kier alpha value is -1.06. The van der Waals surface area contributed by atoms with E-state index in [1.165, 1.54) is 31.4 Å². The van der Waals surface area contributed by atoms with Gasteiger partial charge in [0.2, 0.25) is 0 Å². The molecule has 1 heterocycles. The van der Waals surface area contributed by atoms with E-state index in [1.807, 2.05) is 0 Å². The van der Waals surface area contributed by atoms with Crippen LogP contribution >= 0.6 is 0 Å². The second kappa shape index (κ2) is 6.59. The Bertz CT molecular complexity index is 435. The summed E-state index contributed by atoms with van der Waals surface area (Å²) in [5, 5.41) is 3.37. The van der Waals surface area contributed by atoms with Crippen molar-refractivity contribution in [3.05, 3.63) is 29.8 Å². The predicted molar refractivity (Wildman–Crippen MR) is 82.0 cm³/mol. The summed E-state index contributed by atoms with van der Waals surface area (Å²) >= 11 is 0. The van der Waals surface area contributed by atoms with E-state index < -0.39 is 0 Å². The zero-order chi connectivity index (χ0) is 13.8. The fourth-order valence-electron chi connectivity index (χ4n) is 3.62. The van der Waals surface area contributed by atoms with Crippen molar-refractivity contribution < 1.29 is 4.74 Å². The van der Waals surface area contributed by atoms with E-state index in [4.69, 9.17) is 4.74 Å². The Morgan fingerprint density at radius 3 is 2.95 bits per heavy atom. The Morgan fingerprint density at radius 2 is 2.20 bits per heavy atom. The number of para-hydroxylation sites is 1. The van der Waals surface area contributed by atoms with Gasteiger partial charge in [-0.3, -0.25) is 4.90 Å².